The van der Waals surface area contributed by atoms with Crippen LogP contribution >= 0.6 is 15.9 Å². The molecule has 2 unspecified atom stereocenters. The Balaban J connectivity index is 2.55. The number of hydrogen-bond acceptors (Lipinski definition) is 3. The largest absolute Gasteiger partial charge is 0.387 e. The molecule has 1 aliphatic heterocycles. The Labute approximate surface area is 106 Å². The van der Waals surface area contributed by atoms with E-state index >= 15 is 0 Å². The van der Waals surface area contributed by atoms with Crippen molar-refractivity contribution in [3.63, 3.8) is 0 Å². The van der Waals surface area contributed by atoms with Gasteiger partial charge in [-0.3, -0.25) is 4.79 Å². The summed E-state index contributed by atoms with van der Waals surface area (Å²) in [5.41, 5.74) is -0.844. The number of carbonyl (C=O) groups excluding carboxylic acids is 1. The van der Waals surface area contributed by atoms with Crippen molar-refractivity contribution in [3.05, 3.63) is 0 Å². The third-order valence-electron chi connectivity index (χ3n) is 2.65. The summed E-state index contributed by atoms with van der Waals surface area (Å²) in [5, 5.41) is 10.2. The van der Waals surface area contributed by atoms with E-state index in [1.54, 1.807) is 11.8 Å². The summed E-state index contributed by atoms with van der Waals surface area (Å²) in [6.45, 7) is 3.50. The predicted octanol–water partition coefficient (Wildman–Crippen LogP) is 0.685. The third kappa shape index (κ3) is 4.03. The van der Waals surface area contributed by atoms with Gasteiger partial charge >= 0.3 is 0 Å². The number of likely N-dealkylation sites (N-methyl/N-ethyl adjacent to an activating group) is 1. The molecule has 0 saturated carbocycles. The number of rotatable bonds is 4. The van der Waals surface area contributed by atoms with Gasteiger partial charge in [-0.2, -0.15) is 0 Å². The highest BCUT2D eigenvalue weighted by Gasteiger charge is 2.32. The molecule has 0 radical (unpaired) electrons. The van der Waals surface area contributed by atoms with Gasteiger partial charge in [0, 0.05) is 13.1 Å². The zero-order chi connectivity index (χ0) is 12.3. The molecule has 0 spiro atoms. The fourth-order valence-corrected chi connectivity index (χ4v) is 2.81. The topological polar surface area (TPSA) is 43.8 Å². The van der Waals surface area contributed by atoms with Gasteiger partial charge in [0.15, 0.2) is 0 Å². The van der Waals surface area contributed by atoms with E-state index in [9.17, 15) is 9.90 Å². The summed E-state index contributed by atoms with van der Waals surface area (Å²) in [7, 11) is 3.83. The summed E-state index contributed by atoms with van der Waals surface area (Å²) < 4.78 is 0. The summed E-state index contributed by atoms with van der Waals surface area (Å²) in [6, 6.07) is 0. The van der Waals surface area contributed by atoms with Crippen LogP contribution in [0, 0.1) is 0 Å². The summed E-state index contributed by atoms with van der Waals surface area (Å²) in [6.07, 6.45) is 1.89. The van der Waals surface area contributed by atoms with E-state index in [1.807, 2.05) is 19.0 Å². The van der Waals surface area contributed by atoms with Gasteiger partial charge in [0.1, 0.15) is 0 Å². The maximum absolute atomic E-state index is 11.8. The first-order chi connectivity index (χ1) is 7.32. The van der Waals surface area contributed by atoms with Crippen LogP contribution in [0.3, 0.4) is 0 Å². The van der Waals surface area contributed by atoms with Crippen LogP contribution in [0.4, 0.5) is 0 Å². The minimum Gasteiger partial charge on any atom is -0.387 e. The Morgan fingerprint density at radius 1 is 1.62 bits per heavy atom. The molecule has 4 nitrogen and oxygen atoms in total. The van der Waals surface area contributed by atoms with Crippen LogP contribution in [0.5, 0.6) is 0 Å². The van der Waals surface area contributed by atoms with Gasteiger partial charge < -0.3 is 14.9 Å². The highest BCUT2D eigenvalue weighted by molar-refractivity contribution is 9.10. The number of piperidine rings is 1. The van der Waals surface area contributed by atoms with Crippen LogP contribution in [0.25, 0.3) is 0 Å². The van der Waals surface area contributed by atoms with Crippen molar-refractivity contribution < 1.29 is 9.90 Å². The number of alkyl halides is 1. The van der Waals surface area contributed by atoms with Crippen molar-refractivity contribution in [2.24, 2.45) is 0 Å². The fourth-order valence-electron chi connectivity index (χ4n) is 2.19. The Kier molecular flexibility index (Phi) is 4.76. The Hall–Kier alpha value is -0.130. The molecule has 0 aromatic heterocycles. The lowest BCUT2D eigenvalue weighted by Crippen LogP contribution is -2.52. The van der Waals surface area contributed by atoms with Crippen molar-refractivity contribution in [2.75, 3.05) is 33.7 Å². The first-order valence-corrected chi connectivity index (χ1v) is 6.53. The van der Waals surface area contributed by atoms with Crippen molar-refractivity contribution >= 4 is 21.8 Å². The van der Waals surface area contributed by atoms with Crippen LogP contribution in [0.15, 0.2) is 0 Å². The molecule has 1 heterocycles. The van der Waals surface area contributed by atoms with Gasteiger partial charge in [0.2, 0.25) is 5.91 Å². The fraction of sp³-hybridized carbons (Fsp3) is 0.909. The smallest absolute Gasteiger partial charge is 0.236 e. The monoisotopic (exact) mass is 292 g/mol. The standard InChI is InChI=1S/C11H21BrN2O2/c1-11(16,7-13(2)3)8-14-6-4-5-9(12)10(14)15/h9,16H,4-8H2,1-3H3. The highest BCUT2D eigenvalue weighted by Crippen LogP contribution is 2.20. The maximum Gasteiger partial charge on any atom is 0.236 e. The minimum absolute atomic E-state index is 0.0728. The highest BCUT2D eigenvalue weighted by atomic mass is 79.9. The number of β-amino-alcohol motifs (C(OH)–C–C–N with tert-alkyl or cyclic N) is 1. The molecule has 0 aromatic rings. The molecule has 5 heteroatoms. The first-order valence-electron chi connectivity index (χ1n) is 5.62. The van der Waals surface area contributed by atoms with E-state index in [-0.39, 0.29) is 10.7 Å². The summed E-state index contributed by atoms with van der Waals surface area (Å²) in [4.78, 5) is 15.5. The maximum atomic E-state index is 11.8. The molecule has 0 bridgehead atoms. The molecule has 1 aliphatic rings. The van der Waals surface area contributed by atoms with Gasteiger partial charge in [-0.15, -0.1) is 0 Å². The van der Waals surface area contributed by atoms with Gasteiger partial charge in [0.25, 0.3) is 0 Å². The average Bonchev–Trinajstić information content (AvgIpc) is 2.10. The quantitative estimate of drug-likeness (QED) is 0.775. The van der Waals surface area contributed by atoms with Crippen LogP contribution in [-0.2, 0) is 4.79 Å². The minimum atomic E-state index is -0.844. The molecular formula is C11H21BrN2O2. The third-order valence-corrected chi connectivity index (χ3v) is 3.50. The van der Waals surface area contributed by atoms with E-state index in [0.29, 0.717) is 13.1 Å². The Morgan fingerprint density at radius 2 is 2.25 bits per heavy atom. The Bertz CT molecular complexity index is 256. The molecule has 94 valence electrons. The van der Waals surface area contributed by atoms with Crippen molar-refractivity contribution in [1.29, 1.82) is 0 Å². The molecule has 1 N–H and O–H groups in total. The molecule has 16 heavy (non-hydrogen) atoms. The molecule has 0 aromatic carbocycles. The number of hydrogen-bond donors (Lipinski definition) is 1. The van der Waals surface area contributed by atoms with Crippen LogP contribution in [0.1, 0.15) is 19.8 Å². The number of aliphatic hydroxyl groups is 1. The van der Waals surface area contributed by atoms with Crippen molar-refractivity contribution in [2.45, 2.75) is 30.2 Å². The van der Waals surface area contributed by atoms with Crippen molar-refractivity contribution in [1.82, 2.24) is 9.80 Å². The number of carbonyl (C=O) groups is 1. The average molecular weight is 293 g/mol. The number of nitrogens with zero attached hydrogens (tertiary/aromatic N) is 2. The number of amides is 1. The van der Waals surface area contributed by atoms with E-state index in [2.05, 4.69) is 15.9 Å². The van der Waals surface area contributed by atoms with Gasteiger partial charge in [-0.05, 0) is 33.9 Å². The molecule has 1 amide bonds. The molecule has 1 fully saturated rings. The summed E-state index contributed by atoms with van der Waals surface area (Å²) >= 11 is 3.37. The number of likely N-dealkylation sites (tertiary alicyclic amines) is 1. The molecule has 0 aliphatic carbocycles. The lowest BCUT2D eigenvalue weighted by atomic mass is 10.0. The van der Waals surface area contributed by atoms with Crippen LogP contribution < -0.4 is 0 Å². The zero-order valence-electron chi connectivity index (χ0n) is 10.2. The van der Waals surface area contributed by atoms with Gasteiger partial charge in [0.05, 0.1) is 17.0 Å². The molecule has 1 rings (SSSR count). The number of halogens is 1. The van der Waals surface area contributed by atoms with Gasteiger partial charge in [-0.1, -0.05) is 15.9 Å². The lowest BCUT2D eigenvalue weighted by molar-refractivity contribution is -0.136. The van der Waals surface area contributed by atoms with Crippen molar-refractivity contribution in [3.8, 4) is 0 Å². The van der Waals surface area contributed by atoms with Crippen LogP contribution in [0.2, 0.25) is 0 Å². The Morgan fingerprint density at radius 3 is 2.81 bits per heavy atom. The predicted molar refractivity (Wildman–Crippen MR) is 67.7 cm³/mol. The zero-order valence-corrected chi connectivity index (χ0v) is 11.8. The second-order valence-electron chi connectivity index (χ2n) is 5.10. The van der Waals surface area contributed by atoms with E-state index in [0.717, 1.165) is 19.4 Å². The SMILES string of the molecule is CN(C)CC(C)(O)CN1CCCC(Br)C1=O. The van der Waals surface area contributed by atoms with E-state index in [1.165, 1.54) is 0 Å². The normalized spacial score (nSPS) is 26.0. The van der Waals surface area contributed by atoms with Gasteiger partial charge in [-0.25, -0.2) is 0 Å². The summed E-state index contributed by atoms with van der Waals surface area (Å²) in [5.74, 6) is 0.102. The second kappa shape index (κ2) is 5.47. The lowest BCUT2D eigenvalue weighted by Gasteiger charge is -2.36. The first kappa shape index (κ1) is 13.9. The molecular weight excluding hydrogens is 272 g/mol. The second-order valence-corrected chi connectivity index (χ2v) is 6.21. The molecule has 1 saturated heterocycles. The van der Waals surface area contributed by atoms with E-state index in [4.69, 9.17) is 0 Å². The molecule has 2 atom stereocenters. The van der Waals surface area contributed by atoms with Crippen LogP contribution in [-0.4, -0.2) is 65.0 Å². The van der Waals surface area contributed by atoms with E-state index < -0.39 is 5.60 Å².